The van der Waals surface area contributed by atoms with Crippen LogP contribution in [0.1, 0.15) is 35.7 Å². The van der Waals surface area contributed by atoms with Crippen LogP contribution >= 0.6 is 15.9 Å². The van der Waals surface area contributed by atoms with Crippen molar-refractivity contribution in [3.8, 4) is 0 Å². The Bertz CT molecular complexity index is 534. The number of nitrogens with zero attached hydrogens (tertiary/aromatic N) is 1. The molecule has 1 aromatic rings. The minimum absolute atomic E-state index is 0.0126. The Kier molecular flexibility index (Phi) is 5.61. The van der Waals surface area contributed by atoms with Crippen LogP contribution in [0.2, 0.25) is 0 Å². The van der Waals surface area contributed by atoms with E-state index < -0.39 is 6.09 Å². The van der Waals surface area contributed by atoms with E-state index in [1.54, 1.807) is 4.90 Å². The van der Waals surface area contributed by atoms with Crippen LogP contribution in [0.25, 0.3) is 0 Å². The first-order valence-electron chi connectivity index (χ1n) is 7.10. The summed E-state index contributed by atoms with van der Waals surface area (Å²) in [6, 6.07) is 5.65. The summed E-state index contributed by atoms with van der Waals surface area (Å²) in [5.74, 6) is 0.0126. The van der Waals surface area contributed by atoms with E-state index in [0.717, 1.165) is 28.4 Å². The number of halogens is 1. The molecule has 0 saturated heterocycles. The first-order chi connectivity index (χ1) is 10.1. The average Bonchev–Trinajstić information content (AvgIpc) is 2.75. The Labute approximate surface area is 132 Å². The quantitative estimate of drug-likeness (QED) is 0.799. The van der Waals surface area contributed by atoms with Crippen LogP contribution in [0.5, 0.6) is 0 Å². The van der Waals surface area contributed by atoms with Crippen molar-refractivity contribution in [3.05, 3.63) is 33.8 Å². The van der Waals surface area contributed by atoms with E-state index in [4.69, 9.17) is 4.74 Å². The van der Waals surface area contributed by atoms with Crippen LogP contribution in [0.15, 0.2) is 22.7 Å². The first kappa shape index (κ1) is 15.8. The van der Waals surface area contributed by atoms with Crippen molar-refractivity contribution in [2.75, 3.05) is 19.7 Å². The third-order valence-electron chi connectivity index (χ3n) is 3.33. The second-order valence-electron chi connectivity index (χ2n) is 4.94. The molecule has 1 N–H and O–H groups in total. The fraction of sp³-hybridized carbons (Fsp3) is 0.467. The lowest BCUT2D eigenvalue weighted by Crippen LogP contribution is -2.35. The van der Waals surface area contributed by atoms with E-state index in [2.05, 4.69) is 21.2 Å². The third kappa shape index (κ3) is 4.20. The number of hydrogen-bond donors (Lipinski definition) is 1. The van der Waals surface area contributed by atoms with Crippen molar-refractivity contribution in [1.29, 1.82) is 0 Å². The monoisotopic (exact) mass is 354 g/mol. The summed E-state index contributed by atoms with van der Waals surface area (Å²) >= 11 is 3.40. The molecule has 0 aromatic heterocycles. The number of rotatable bonds is 6. The molecule has 0 bridgehead atoms. The van der Waals surface area contributed by atoms with Crippen molar-refractivity contribution in [1.82, 2.24) is 10.2 Å². The molecule has 1 heterocycles. The highest BCUT2D eigenvalue weighted by Crippen LogP contribution is 2.25. The summed E-state index contributed by atoms with van der Waals surface area (Å²) in [4.78, 5) is 25.3. The molecule has 0 saturated carbocycles. The molecule has 114 valence electrons. The van der Waals surface area contributed by atoms with E-state index in [-0.39, 0.29) is 5.91 Å². The van der Waals surface area contributed by atoms with E-state index in [0.29, 0.717) is 26.2 Å². The summed E-state index contributed by atoms with van der Waals surface area (Å²) < 4.78 is 5.96. The molecule has 21 heavy (non-hydrogen) atoms. The predicted octanol–water partition coefficient (Wildman–Crippen LogP) is 2.93. The molecule has 0 fully saturated rings. The smallest absolute Gasteiger partial charge is 0.407 e. The Morgan fingerprint density at radius 3 is 3.05 bits per heavy atom. The van der Waals surface area contributed by atoms with E-state index in [9.17, 15) is 9.59 Å². The van der Waals surface area contributed by atoms with E-state index in [1.165, 1.54) is 0 Å². The lowest BCUT2D eigenvalue weighted by molar-refractivity contribution is 0.0776. The fourth-order valence-corrected chi connectivity index (χ4v) is 2.59. The number of unbranched alkanes of at least 4 members (excludes halogenated alkanes) is 1. The van der Waals surface area contributed by atoms with Crippen molar-refractivity contribution >= 4 is 27.9 Å². The summed E-state index contributed by atoms with van der Waals surface area (Å²) in [7, 11) is 0. The molecule has 1 aliphatic heterocycles. The summed E-state index contributed by atoms with van der Waals surface area (Å²) in [5.41, 5.74) is 1.75. The maximum atomic E-state index is 12.2. The van der Waals surface area contributed by atoms with Crippen LogP contribution in [-0.2, 0) is 11.3 Å². The second kappa shape index (κ2) is 7.45. The van der Waals surface area contributed by atoms with Crippen LogP contribution in [0.3, 0.4) is 0 Å². The van der Waals surface area contributed by atoms with Crippen molar-refractivity contribution in [2.45, 2.75) is 26.3 Å². The molecule has 2 amide bonds. The zero-order valence-corrected chi connectivity index (χ0v) is 13.6. The summed E-state index contributed by atoms with van der Waals surface area (Å²) in [6.07, 6.45) is 1.43. The number of benzene rings is 1. The Morgan fingerprint density at radius 2 is 2.29 bits per heavy atom. The first-order valence-corrected chi connectivity index (χ1v) is 7.89. The van der Waals surface area contributed by atoms with Gasteiger partial charge in [0.1, 0.15) is 0 Å². The van der Waals surface area contributed by atoms with Crippen LogP contribution in [0.4, 0.5) is 4.79 Å². The summed E-state index contributed by atoms with van der Waals surface area (Å²) in [6.45, 7) is 3.93. The van der Waals surface area contributed by atoms with Crippen LogP contribution < -0.4 is 5.32 Å². The lowest BCUT2D eigenvalue weighted by atomic mass is 10.1. The number of fused-ring (bicyclic) bond motifs is 1. The number of carbonyl (C=O) groups is 2. The highest BCUT2D eigenvalue weighted by Gasteiger charge is 2.26. The molecular weight excluding hydrogens is 336 g/mol. The van der Waals surface area contributed by atoms with Crippen molar-refractivity contribution in [3.63, 3.8) is 0 Å². The number of ether oxygens (including phenoxy) is 1. The molecule has 0 radical (unpaired) electrons. The van der Waals surface area contributed by atoms with E-state index in [1.807, 2.05) is 25.1 Å². The maximum absolute atomic E-state index is 12.2. The van der Waals surface area contributed by atoms with Gasteiger partial charge in [-0.15, -0.1) is 0 Å². The molecule has 1 aromatic carbocycles. The fourth-order valence-electron chi connectivity index (χ4n) is 2.18. The molecule has 5 nitrogen and oxygen atoms in total. The topological polar surface area (TPSA) is 58.6 Å². The van der Waals surface area contributed by atoms with Gasteiger partial charge in [-0.1, -0.05) is 29.3 Å². The van der Waals surface area contributed by atoms with Crippen molar-refractivity contribution < 1.29 is 14.3 Å². The number of carbonyl (C=O) groups excluding carboxylic acids is 2. The van der Waals surface area contributed by atoms with Gasteiger partial charge in [0.15, 0.2) is 0 Å². The molecule has 0 atom stereocenters. The summed E-state index contributed by atoms with van der Waals surface area (Å²) in [5, 5.41) is 2.66. The van der Waals surface area contributed by atoms with Gasteiger partial charge < -0.3 is 15.0 Å². The predicted molar refractivity (Wildman–Crippen MR) is 83.1 cm³/mol. The molecule has 0 unspecified atom stereocenters. The average molecular weight is 355 g/mol. The van der Waals surface area contributed by atoms with Gasteiger partial charge in [0.05, 0.1) is 6.61 Å². The zero-order valence-electron chi connectivity index (χ0n) is 12.0. The van der Waals surface area contributed by atoms with Gasteiger partial charge in [0.2, 0.25) is 0 Å². The van der Waals surface area contributed by atoms with Gasteiger partial charge >= 0.3 is 6.09 Å². The maximum Gasteiger partial charge on any atom is 0.407 e. The number of hydrogen-bond acceptors (Lipinski definition) is 3. The zero-order chi connectivity index (χ0) is 15.2. The lowest BCUT2D eigenvalue weighted by Gasteiger charge is -2.15. The van der Waals surface area contributed by atoms with Gasteiger partial charge in [-0.2, -0.15) is 0 Å². The molecular formula is C15H19BrN2O3. The van der Waals surface area contributed by atoms with Crippen LogP contribution in [-0.4, -0.2) is 36.6 Å². The molecule has 1 aliphatic rings. The SMILES string of the molecule is CCCCOC(=O)NCCN1Cc2cc(Br)ccc2C1=O. The number of amides is 2. The second-order valence-corrected chi connectivity index (χ2v) is 5.86. The standard InChI is InChI=1S/C15H19BrN2O3/c1-2-3-8-21-15(20)17-6-7-18-10-11-9-12(16)4-5-13(11)14(18)19/h4-5,9H,2-3,6-8,10H2,1H3,(H,17,20). The molecule has 2 rings (SSSR count). The Hall–Kier alpha value is -1.56. The molecule has 6 heteroatoms. The largest absolute Gasteiger partial charge is 0.450 e. The van der Waals surface area contributed by atoms with Gasteiger partial charge in [0, 0.05) is 29.7 Å². The van der Waals surface area contributed by atoms with Gasteiger partial charge in [0.25, 0.3) is 5.91 Å². The highest BCUT2D eigenvalue weighted by atomic mass is 79.9. The molecule has 0 aliphatic carbocycles. The van der Waals surface area contributed by atoms with Gasteiger partial charge in [-0.3, -0.25) is 4.79 Å². The van der Waals surface area contributed by atoms with E-state index >= 15 is 0 Å². The highest BCUT2D eigenvalue weighted by molar-refractivity contribution is 9.10. The van der Waals surface area contributed by atoms with Gasteiger partial charge in [-0.05, 0) is 30.2 Å². The Balaban J connectivity index is 1.76. The number of alkyl carbamates (subject to hydrolysis) is 1. The van der Waals surface area contributed by atoms with Crippen LogP contribution in [0, 0.1) is 0 Å². The third-order valence-corrected chi connectivity index (χ3v) is 3.82. The van der Waals surface area contributed by atoms with Crippen molar-refractivity contribution in [2.24, 2.45) is 0 Å². The molecule has 0 spiro atoms. The van der Waals surface area contributed by atoms with Gasteiger partial charge in [-0.25, -0.2) is 4.79 Å². The Morgan fingerprint density at radius 1 is 1.48 bits per heavy atom. The normalized spacial score (nSPS) is 13.2. The minimum atomic E-state index is -0.421. The number of nitrogens with one attached hydrogen (secondary N) is 1. The minimum Gasteiger partial charge on any atom is -0.450 e.